The molecule has 0 saturated heterocycles. The first-order valence-electron chi connectivity index (χ1n) is 7.90. The zero-order chi connectivity index (χ0) is 16.5. The normalized spacial score (nSPS) is 11.7. The largest absolute Gasteiger partial charge is 0.394 e. The quantitative estimate of drug-likeness (QED) is 0.364. The summed E-state index contributed by atoms with van der Waals surface area (Å²) in [6.45, 7) is 7.92. The highest BCUT2D eigenvalue weighted by molar-refractivity contribution is 4.59. The predicted octanol–water partition coefficient (Wildman–Crippen LogP) is -0.461. The molecule has 0 radical (unpaired) electrons. The molecule has 0 aliphatic heterocycles. The van der Waals surface area contributed by atoms with Crippen molar-refractivity contribution < 1.29 is 24.1 Å². The van der Waals surface area contributed by atoms with E-state index in [-0.39, 0.29) is 6.61 Å². The molecule has 0 fully saturated rings. The Hall–Kier alpha value is -0.280. The second-order valence-electron chi connectivity index (χ2n) is 5.20. The summed E-state index contributed by atoms with van der Waals surface area (Å²) in [5.74, 6) is 0. The molecule has 0 spiro atoms. The van der Waals surface area contributed by atoms with Gasteiger partial charge in [0.1, 0.15) is 0 Å². The molecular weight excluding hydrogens is 288 g/mol. The number of aliphatic hydroxyl groups excluding tert-OH is 1. The van der Waals surface area contributed by atoms with Crippen LogP contribution in [-0.4, -0.2) is 115 Å². The second kappa shape index (κ2) is 17.1. The first-order valence-corrected chi connectivity index (χ1v) is 7.90. The standard InChI is InChI=1S/C15H34N2O5/c1-16(2)4-5-17(6-9-19-3)7-10-20-12-14-22-15-13-21-11-8-18/h18H,4-15H2,1-3H3. The van der Waals surface area contributed by atoms with E-state index in [0.717, 1.165) is 32.8 Å². The summed E-state index contributed by atoms with van der Waals surface area (Å²) in [6, 6.07) is 0. The van der Waals surface area contributed by atoms with Gasteiger partial charge in [0.2, 0.25) is 0 Å². The second-order valence-corrected chi connectivity index (χ2v) is 5.20. The lowest BCUT2D eigenvalue weighted by molar-refractivity contribution is 0.00362. The lowest BCUT2D eigenvalue weighted by Gasteiger charge is -2.23. The number of likely N-dealkylation sites (N-methyl/N-ethyl adjacent to an activating group) is 1. The van der Waals surface area contributed by atoms with Crippen LogP contribution in [0.25, 0.3) is 0 Å². The van der Waals surface area contributed by atoms with Crippen LogP contribution in [-0.2, 0) is 18.9 Å². The van der Waals surface area contributed by atoms with Gasteiger partial charge in [0.25, 0.3) is 0 Å². The Morgan fingerprint density at radius 2 is 1.23 bits per heavy atom. The predicted molar refractivity (Wildman–Crippen MR) is 86.4 cm³/mol. The summed E-state index contributed by atoms with van der Waals surface area (Å²) in [4.78, 5) is 4.51. The van der Waals surface area contributed by atoms with E-state index < -0.39 is 0 Å². The van der Waals surface area contributed by atoms with Crippen molar-refractivity contribution in [2.75, 3.05) is 100 Å². The fraction of sp³-hybridized carbons (Fsp3) is 1.00. The van der Waals surface area contributed by atoms with Crippen LogP contribution in [0.1, 0.15) is 0 Å². The molecule has 0 aliphatic carbocycles. The van der Waals surface area contributed by atoms with Crippen LogP contribution in [0.2, 0.25) is 0 Å². The molecule has 134 valence electrons. The van der Waals surface area contributed by atoms with Gasteiger partial charge in [-0.2, -0.15) is 0 Å². The van der Waals surface area contributed by atoms with Crippen molar-refractivity contribution in [3.05, 3.63) is 0 Å². The van der Waals surface area contributed by atoms with E-state index in [0.29, 0.717) is 39.6 Å². The fourth-order valence-corrected chi connectivity index (χ4v) is 1.70. The molecule has 0 atom stereocenters. The summed E-state index contributed by atoms with van der Waals surface area (Å²) < 4.78 is 21.2. The van der Waals surface area contributed by atoms with Crippen molar-refractivity contribution >= 4 is 0 Å². The van der Waals surface area contributed by atoms with Gasteiger partial charge in [-0.15, -0.1) is 0 Å². The van der Waals surface area contributed by atoms with Gasteiger partial charge in [0.15, 0.2) is 0 Å². The number of hydrogen-bond acceptors (Lipinski definition) is 7. The van der Waals surface area contributed by atoms with E-state index >= 15 is 0 Å². The average molecular weight is 322 g/mol. The fourth-order valence-electron chi connectivity index (χ4n) is 1.70. The Morgan fingerprint density at radius 1 is 0.682 bits per heavy atom. The Balaban J connectivity index is 3.46. The molecule has 0 aromatic rings. The minimum absolute atomic E-state index is 0.0521. The van der Waals surface area contributed by atoms with Crippen LogP contribution < -0.4 is 0 Å². The molecule has 0 saturated carbocycles. The lowest BCUT2D eigenvalue weighted by atomic mass is 10.4. The maximum absolute atomic E-state index is 8.53. The zero-order valence-electron chi connectivity index (χ0n) is 14.5. The van der Waals surface area contributed by atoms with Crippen LogP contribution in [0.4, 0.5) is 0 Å². The van der Waals surface area contributed by atoms with Crippen molar-refractivity contribution in [2.45, 2.75) is 0 Å². The summed E-state index contributed by atoms with van der Waals surface area (Å²) in [5, 5.41) is 8.53. The van der Waals surface area contributed by atoms with Crippen molar-refractivity contribution in [2.24, 2.45) is 0 Å². The maximum Gasteiger partial charge on any atom is 0.0701 e. The molecule has 0 aromatic carbocycles. The van der Waals surface area contributed by atoms with Crippen molar-refractivity contribution in [3.8, 4) is 0 Å². The highest BCUT2D eigenvalue weighted by atomic mass is 16.5. The minimum Gasteiger partial charge on any atom is -0.394 e. The first-order chi connectivity index (χ1) is 10.7. The highest BCUT2D eigenvalue weighted by Crippen LogP contribution is 1.91. The third-order valence-electron chi connectivity index (χ3n) is 3.01. The van der Waals surface area contributed by atoms with E-state index in [1.54, 1.807) is 7.11 Å². The number of nitrogens with zero attached hydrogens (tertiary/aromatic N) is 2. The van der Waals surface area contributed by atoms with Gasteiger partial charge in [-0.3, -0.25) is 4.90 Å². The van der Waals surface area contributed by atoms with E-state index in [9.17, 15) is 0 Å². The van der Waals surface area contributed by atoms with Gasteiger partial charge in [0, 0.05) is 33.3 Å². The topological polar surface area (TPSA) is 63.6 Å². The molecule has 1 N–H and O–H groups in total. The Morgan fingerprint density at radius 3 is 1.77 bits per heavy atom. The van der Waals surface area contributed by atoms with Crippen molar-refractivity contribution in [1.29, 1.82) is 0 Å². The lowest BCUT2D eigenvalue weighted by Crippen LogP contribution is -2.36. The first kappa shape index (κ1) is 21.7. The van der Waals surface area contributed by atoms with Gasteiger partial charge in [-0.25, -0.2) is 0 Å². The number of hydrogen-bond donors (Lipinski definition) is 1. The molecule has 0 amide bonds. The van der Waals surface area contributed by atoms with Crippen LogP contribution >= 0.6 is 0 Å². The smallest absolute Gasteiger partial charge is 0.0701 e. The van der Waals surface area contributed by atoms with Gasteiger partial charge < -0.3 is 29.0 Å². The number of rotatable bonds is 17. The molecule has 0 unspecified atom stereocenters. The zero-order valence-corrected chi connectivity index (χ0v) is 14.5. The van der Waals surface area contributed by atoms with Crippen LogP contribution in [0.15, 0.2) is 0 Å². The summed E-state index contributed by atoms with van der Waals surface area (Å²) in [7, 11) is 5.88. The molecule has 0 aromatic heterocycles. The molecule has 7 nitrogen and oxygen atoms in total. The van der Waals surface area contributed by atoms with Gasteiger partial charge in [-0.1, -0.05) is 0 Å². The molecule has 0 aliphatic rings. The Bertz CT molecular complexity index is 220. The van der Waals surface area contributed by atoms with Crippen molar-refractivity contribution in [1.82, 2.24) is 9.80 Å². The minimum atomic E-state index is 0.0521. The van der Waals surface area contributed by atoms with Crippen molar-refractivity contribution in [3.63, 3.8) is 0 Å². The third-order valence-corrected chi connectivity index (χ3v) is 3.01. The highest BCUT2D eigenvalue weighted by Gasteiger charge is 2.05. The third kappa shape index (κ3) is 16.1. The average Bonchev–Trinajstić information content (AvgIpc) is 2.50. The van der Waals surface area contributed by atoms with Crippen LogP contribution in [0.5, 0.6) is 0 Å². The van der Waals surface area contributed by atoms with Crippen LogP contribution in [0, 0.1) is 0 Å². The molecular formula is C15H34N2O5. The monoisotopic (exact) mass is 322 g/mol. The SMILES string of the molecule is COCCN(CCOCCOCCOCCO)CCN(C)C. The Kier molecular flexibility index (Phi) is 16.9. The van der Waals surface area contributed by atoms with E-state index in [1.807, 2.05) is 0 Å². The number of aliphatic hydroxyl groups is 1. The summed E-state index contributed by atoms with van der Waals surface area (Å²) >= 11 is 0. The van der Waals surface area contributed by atoms with Gasteiger partial charge in [-0.05, 0) is 14.1 Å². The Labute approximate surface area is 135 Å². The summed E-state index contributed by atoms with van der Waals surface area (Å²) in [5.41, 5.74) is 0. The van der Waals surface area contributed by atoms with E-state index in [4.69, 9.17) is 24.1 Å². The van der Waals surface area contributed by atoms with E-state index in [2.05, 4.69) is 23.9 Å². The molecule has 0 bridgehead atoms. The maximum atomic E-state index is 8.53. The molecule has 0 rings (SSSR count). The number of methoxy groups -OCH3 is 1. The van der Waals surface area contributed by atoms with Gasteiger partial charge in [0.05, 0.1) is 52.9 Å². The van der Waals surface area contributed by atoms with Gasteiger partial charge >= 0.3 is 0 Å². The van der Waals surface area contributed by atoms with E-state index in [1.165, 1.54) is 0 Å². The molecule has 7 heteroatoms. The number of ether oxygens (including phenoxy) is 4. The van der Waals surface area contributed by atoms with Crippen LogP contribution in [0.3, 0.4) is 0 Å². The molecule has 0 heterocycles. The summed E-state index contributed by atoms with van der Waals surface area (Å²) in [6.07, 6.45) is 0. The molecule has 22 heavy (non-hydrogen) atoms.